The minimum absolute atomic E-state index is 0.0438. The van der Waals surface area contributed by atoms with E-state index in [1.54, 1.807) is 19.0 Å². The molecule has 0 fully saturated rings. The highest BCUT2D eigenvalue weighted by atomic mass is 32.1. The number of hydrogen-bond donors (Lipinski definition) is 2. The molecule has 2 N–H and O–H groups in total. The van der Waals surface area contributed by atoms with Crippen LogP contribution in [0.1, 0.15) is 62.6 Å². The van der Waals surface area contributed by atoms with Crippen LogP contribution in [0, 0.1) is 5.41 Å². The number of hydrogen-bond acceptors (Lipinski definition) is 4. The minimum Gasteiger partial charge on any atom is -0.478 e. The number of fused-ring (bicyclic) bond motifs is 1. The molecule has 1 aliphatic rings. The number of nitrogens with zero attached hydrogens (tertiary/aromatic N) is 1. The zero-order chi connectivity index (χ0) is 23.1. The van der Waals surface area contributed by atoms with Crippen molar-refractivity contribution in [2.24, 2.45) is 5.41 Å². The van der Waals surface area contributed by atoms with Crippen LogP contribution in [-0.4, -0.2) is 36.0 Å². The molecule has 2 aromatic rings. The largest absolute Gasteiger partial charge is 0.478 e. The highest BCUT2D eigenvalue weighted by Gasteiger charge is 2.34. The van der Waals surface area contributed by atoms with Gasteiger partial charge in [0, 0.05) is 17.0 Å². The van der Waals surface area contributed by atoms with Crippen LogP contribution in [0.15, 0.2) is 18.2 Å². The molecule has 168 valence electrons. The van der Waals surface area contributed by atoms with E-state index in [1.165, 1.54) is 17.4 Å². The fourth-order valence-electron chi connectivity index (χ4n) is 3.85. The van der Waals surface area contributed by atoms with Crippen LogP contribution in [0.25, 0.3) is 0 Å². The van der Waals surface area contributed by atoms with Crippen molar-refractivity contribution < 1.29 is 27.9 Å². The van der Waals surface area contributed by atoms with Crippen LogP contribution < -0.4 is 5.32 Å². The van der Waals surface area contributed by atoms with Gasteiger partial charge in [-0.25, -0.2) is 4.79 Å². The molecule has 1 amide bonds. The van der Waals surface area contributed by atoms with Gasteiger partial charge in [-0.3, -0.25) is 4.79 Å². The van der Waals surface area contributed by atoms with Gasteiger partial charge in [0.2, 0.25) is 0 Å². The Morgan fingerprint density at radius 2 is 1.94 bits per heavy atom. The number of halogens is 3. The quantitative estimate of drug-likeness (QED) is 0.644. The van der Waals surface area contributed by atoms with Crippen molar-refractivity contribution in [3.05, 3.63) is 50.9 Å². The summed E-state index contributed by atoms with van der Waals surface area (Å²) in [6, 6.07) is 3.06. The molecule has 31 heavy (non-hydrogen) atoms. The first-order valence-corrected chi connectivity index (χ1v) is 10.6. The normalized spacial score (nSPS) is 15.6. The lowest BCUT2D eigenvalue weighted by Gasteiger charge is -2.29. The van der Waals surface area contributed by atoms with E-state index in [9.17, 15) is 27.9 Å². The summed E-state index contributed by atoms with van der Waals surface area (Å²) in [6.07, 6.45) is -2.41. The lowest BCUT2D eigenvalue weighted by atomic mass is 9.76. The molecular formula is C22H25F3N2O3S. The van der Waals surface area contributed by atoms with Crippen LogP contribution in [-0.2, 0) is 25.6 Å². The molecule has 0 radical (unpaired) electrons. The van der Waals surface area contributed by atoms with E-state index in [1.807, 2.05) is 0 Å². The zero-order valence-electron chi connectivity index (χ0n) is 17.8. The van der Waals surface area contributed by atoms with Gasteiger partial charge in [-0.05, 0) is 62.0 Å². The van der Waals surface area contributed by atoms with Gasteiger partial charge < -0.3 is 15.3 Å². The lowest BCUT2D eigenvalue weighted by Crippen LogP contribution is -2.23. The number of amides is 1. The molecule has 9 heteroatoms. The monoisotopic (exact) mass is 454 g/mol. The van der Waals surface area contributed by atoms with E-state index in [4.69, 9.17) is 0 Å². The predicted molar refractivity (Wildman–Crippen MR) is 114 cm³/mol. The molecule has 1 aromatic carbocycles. The number of carboxylic acids is 1. The van der Waals surface area contributed by atoms with Gasteiger partial charge in [0.15, 0.2) is 0 Å². The van der Waals surface area contributed by atoms with Crippen molar-refractivity contribution in [3.63, 3.8) is 0 Å². The maximum Gasteiger partial charge on any atom is 0.416 e. The van der Waals surface area contributed by atoms with Crippen molar-refractivity contribution in [2.75, 3.05) is 19.4 Å². The second kappa shape index (κ2) is 8.27. The van der Waals surface area contributed by atoms with Crippen molar-refractivity contribution in [3.8, 4) is 0 Å². The molecule has 0 saturated carbocycles. The SMILES string of the molecule is CN(C)Cc1ccc(C(F)(F)F)cc1C(=O)Nc1sc2c(c1C(=O)O)CC(C)(C)CC2. The van der Waals surface area contributed by atoms with Crippen molar-refractivity contribution >= 4 is 28.2 Å². The van der Waals surface area contributed by atoms with E-state index in [-0.39, 0.29) is 28.1 Å². The number of carbonyl (C=O) groups excluding carboxylic acids is 1. The summed E-state index contributed by atoms with van der Waals surface area (Å²) >= 11 is 1.20. The van der Waals surface area contributed by atoms with Gasteiger partial charge in [0.05, 0.1) is 11.1 Å². The number of aryl methyl sites for hydroxylation is 1. The second-order valence-electron chi connectivity index (χ2n) is 8.92. The summed E-state index contributed by atoms with van der Waals surface area (Å²) in [4.78, 5) is 27.7. The Hall–Kier alpha value is -2.39. The summed E-state index contributed by atoms with van der Waals surface area (Å²) in [5, 5.41) is 12.6. The van der Waals surface area contributed by atoms with Gasteiger partial charge in [-0.1, -0.05) is 19.9 Å². The Labute approximate surface area is 182 Å². The smallest absolute Gasteiger partial charge is 0.416 e. The van der Waals surface area contributed by atoms with Gasteiger partial charge in [0.1, 0.15) is 5.00 Å². The van der Waals surface area contributed by atoms with Crippen LogP contribution >= 0.6 is 11.3 Å². The molecule has 0 spiro atoms. The summed E-state index contributed by atoms with van der Waals surface area (Å²) in [6.45, 7) is 4.39. The van der Waals surface area contributed by atoms with Crippen molar-refractivity contribution in [1.29, 1.82) is 0 Å². The summed E-state index contributed by atoms with van der Waals surface area (Å²) in [5.41, 5.74) is 0.0792. The molecule has 5 nitrogen and oxygen atoms in total. The Kier molecular flexibility index (Phi) is 6.21. The average molecular weight is 455 g/mol. The molecule has 1 heterocycles. The number of rotatable bonds is 5. The Morgan fingerprint density at radius 1 is 1.26 bits per heavy atom. The third-order valence-corrected chi connectivity index (χ3v) is 6.59. The molecule has 1 aromatic heterocycles. The molecule has 0 aliphatic heterocycles. The predicted octanol–water partition coefficient (Wildman–Crippen LogP) is 5.29. The summed E-state index contributed by atoms with van der Waals surface area (Å²) in [5.74, 6) is -1.90. The first-order chi connectivity index (χ1) is 14.3. The lowest BCUT2D eigenvalue weighted by molar-refractivity contribution is -0.137. The number of thiophene rings is 1. The summed E-state index contributed by atoms with van der Waals surface area (Å²) in [7, 11) is 3.49. The number of nitrogens with one attached hydrogen (secondary N) is 1. The molecule has 0 bridgehead atoms. The number of carboxylic acid groups (broad SMARTS) is 1. The Bertz CT molecular complexity index is 1030. The number of aromatic carboxylic acids is 1. The molecule has 1 aliphatic carbocycles. The summed E-state index contributed by atoms with van der Waals surface area (Å²) < 4.78 is 39.7. The van der Waals surface area contributed by atoms with Crippen LogP contribution in [0.4, 0.5) is 18.2 Å². The first-order valence-electron chi connectivity index (χ1n) is 9.82. The number of alkyl halides is 3. The van der Waals surface area contributed by atoms with Crippen molar-refractivity contribution in [1.82, 2.24) is 4.90 Å². The van der Waals surface area contributed by atoms with Crippen LogP contribution in [0.3, 0.4) is 0 Å². The van der Waals surface area contributed by atoms with Crippen LogP contribution in [0.2, 0.25) is 0 Å². The van der Waals surface area contributed by atoms with Gasteiger partial charge in [0.25, 0.3) is 5.91 Å². The number of benzene rings is 1. The van der Waals surface area contributed by atoms with Gasteiger partial charge in [-0.15, -0.1) is 11.3 Å². The van der Waals surface area contributed by atoms with Crippen LogP contribution in [0.5, 0.6) is 0 Å². The standard InChI is InChI=1S/C22H25F3N2O3S/c1-21(2)8-7-16-15(10-21)17(20(29)30)19(31-16)26-18(28)14-9-13(22(23,24)25)6-5-12(14)11-27(3)4/h5-6,9H,7-8,10-11H2,1-4H3,(H,26,28)(H,29,30). The van der Waals surface area contributed by atoms with E-state index >= 15 is 0 Å². The topological polar surface area (TPSA) is 69.6 Å². The molecule has 0 saturated heterocycles. The van der Waals surface area contributed by atoms with Crippen molar-refractivity contribution in [2.45, 2.75) is 45.8 Å². The van der Waals surface area contributed by atoms with E-state index in [0.29, 0.717) is 24.0 Å². The fraction of sp³-hybridized carbons (Fsp3) is 0.455. The minimum atomic E-state index is -4.59. The molecule has 0 unspecified atom stereocenters. The molecular weight excluding hydrogens is 429 g/mol. The number of carbonyl (C=O) groups is 2. The Morgan fingerprint density at radius 3 is 2.52 bits per heavy atom. The maximum atomic E-state index is 13.2. The third kappa shape index (κ3) is 5.10. The zero-order valence-corrected chi connectivity index (χ0v) is 18.6. The average Bonchev–Trinajstić information content (AvgIpc) is 2.96. The first kappa shape index (κ1) is 23.3. The Balaban J connectivity index is 2.02. The maximum absolute atomic E-state index is 13.2. The fourth-order valence-corrected chi connectivity index (χ4v) is 5.05. The highest BCUT2D eigenvalue weighted by molar-refractivity contribution is 7.17. The van der Waals surface area contributed by atoms with Gasteiger partial charge >= 0.3 is 12.1 Å². The van der Waals surface area contributed by atoms with E-state index < -0.39 is 23.6 Å². The van der Waals surface area contributed by atoms with E-state index in [0.717, 1.165) is 23.4 Å². The second-order valence-corrected chi connectivity index (χ2v) is 10.0. The third-order valence-electron chi connectivity index (χ3n) is 5.38. The molecule has 0 atom stereocenters. The number of anilines is 1. The molecule has 3 rings (SSSR count). The van der Waals surface area contributed by atoms with Gasteiger partial charge in [-0.2, -0.15) is 13.2 Å². The highest BCUT2D eigenvalue weighted by Crippen LogP contribution is 2.44. The van der Waals surface area contributed by atoms with E-state index in [2.05, 4.69) is 19.2 Å².